The van der Waals surface area contributed by atoms with Crippen molar-refractivity contribution in [2.75, 3.05) is 13.2 Å². The largest absolute Gasteiger partial charge is 0.373 e. The molecule has 0 aliphatic heterocycles. The van der Waals surface area contributed by atoms with Crippen LogP contribution in [0.4, 0.5) is 0 Å². The zero-order chi connectivity index (χ0) is 12.1. The minimum Gasteiger partial charge on any atom is -0.373 e. The summed E-state index contributed by atoms with van der Waals surface area (Å²) in [6.07, 6.45) is 1.29. The van der Waals surface area contributed by atoms with Gasteiger partial charge in [-0.1, -0.05) is 6.58 Å². The van der Waals surface area contributed by atoms with Gasteiger partial charge in [-0.25, -0.2) is 0 Å². The maximum atomic E-state index is 11.4. The summed E-state index contributed by atoms with van der Waals surface area (Å²) in [6.45, 7) is 13.7. The molecule has 0 aliphatic rings. The van der Waals surface area contributed by atoms with Crippen LogP contribution in [0.25, 0.3) is 0 Å². The number of rotatable bonds is 7. The molecule has 0 heterocycles. The molecule has 0 saturated carbocycles. The molecule has 0 bridgehead atoms. The minimum atomic E-state index is -0.823. The molecule has 0 aliphatic carbocycles. The van der Waals surface area contributed by atoms with E-state index < -0.39 is 5.60 Å². The SMILES string of the molecule is C=CC(=O)C(C)(C)OCC(C)(C)OCC. The zero-order valence-corrected chi connectivity index (χ0v) is 10.4. The quantitative estimate of drug-likeness (QED) is 0.610. The zero-order valence-electron chi connectivity index (χ0n) is 10.4. The molecule has 0 saturated heterocycles. The van der Waals surface area contributed by atoms with Gasteiger partial charge in [-0.3, -0.25) is 4.79 Å². The van der Waals surface area contributed by atoms with E-state index in [0.717, 1.165) is 0 Å². The predicted molar refractivity (Wildman–Crippen MR) is 60.9 cm³/mol. The van der Waals surface area contributed by atoms with Gasteiger partial charge in [0.1, 0.15) is 5.60 Å². The molecule has 0 atom stereocenters. The number of carbonyl (C=O) groups excluding carboxylic acids is 1. The number of hydrogen-bond donors (Lipinski definition) is 0. The van der Waals surface area contributed by atoms with Crippen molar-refractivity contribution in [1.82, 2.24) is 0 Å². The average Bonchev–Trinajstić information content (AvgIpc) is 2.14. The Hall–Kier alpha value is -0.670. The lowest BCUT2D eigenvalue weighted by atomic mass is 10.0. The van der Waals surface area contributed by atoms with Crippen LogP contribution < -0.4 is 0 Å². The van der Waals surface area contributed by atoms with Crippen LogP contribution in [0.5, 0.6) is 0 Å². The second kappa shape index (κ2) is 5.42. The van der Waals surface area contributed by atoms with Gasteiger partial charge in [0, 0.05) is 6.61 Å². The first-order chi connectivity index (χ1) is 6.75. The summed E-state index contributed by atoms with van der Waals surface area (Å²) in [7, 11) is 0. The fourth-order valence-corrected chi connectivity index (χ4v) is 1.10. The normalized spacial score (nSPS) is 12.6. The lowest BCUT2D eigenvalue weighted by Gasteiger charge is -2.30. The van der Waals surface area contributed by atoms with E-state index in [1.807, 2.05) is 20.8 Å². The molecule has 3 heteroatoms. The molecule has 0 aromatic rings. The average molecular weight is 214 g/mol. The van der Waals surface area contributed by atoms with Crippen LogP contribution in [0.3, 0.4) is 0 Å². The van der Waals surface area contributed by atoms with Crippen LogP contribution in [-0.2, 0) is 14.3 Å². The standard InChI is InChI=1S/C12H22O3/c1-7-10(13)12(5,6)15-9-11(3,4)14-8-2/h7H,1,8-9H2,2-6H3. The highest BCUT2D eigenvalue weighted by atomic mass is 16.6. The van der Waals surface area contributed by atoms with E-state index in [9.17, 15) is 4.79 Å². The summed E-state index contributed by atoms with van der Waals surface area (Å²) >= 11 is 0. The van der Waals surface area contributed by atoms with Gasteiger partial charge in [0.15, 0.2) is 5.78 Å². The van der Waals surface area contributed by atoms with Crippen molar-refractivity contribution in [2.24, 2.45) is 0 Å². The van der Waals surface area contributed by atoms with Crippen molar-refractivity contribution >= 4 is 5.78 Å². The first kappa shape index (κ1) is 14.3. The second-order valence-corrected chi connectivity index (χ2v) is 4.56. The molecule has 0 unspecified atom stereocenters. The Kier molecular flexibility index (Phi) is 5.18. The summed E-state index contributed by atoms with van der Waals surface area (Å²) < 4.78 is 11.0. The van der Waals surface area contributed by atoms with E-state index in [4.69, 9.17) is 9.47 Å². The molecule has 0 radical (unpaired) electrons. The van der Waals surface area contributed by atoms with Crippen molar-refractivity contribution in [2.45, 2.75) is 45.8 Å². The Morgan fingerprint density at radius 3 is 2.20 bits per heavy atom. The molecule has 0 fully saturated rings. The predicted octanol–water partition coefficient (Wildman–Crippen LogP) is 2.35. The third-order valence-electron chi connectivity index (χ3n) is 2.09. The molecule has 88 valence electrons. The highest BCUT2D eigenvalue weighted by Gasteiger charge is 2.29. The summed E-state index contributed by atoms with van der Waals surface area (Å²) in [6, 6.07) is 0. The van der Waals surface area contributed by atoms with E-state index in [1.54, 1.807) is 13.8 Å². The third-order valence-corrected chi connectivity index (χ3v) is 2.09. The fourth-order valence-electron chi connectivity index (χ4n) is 1.10. The van der Waals surface area contributed by atoms with Crippen LogP contribution in [0.2, 0.25) is 0 Å². The van der Waals surface area contributed by atoms with Gasteiger partial charge >= 0.3 is 0 Å². The number of hydrogen-bond acceptors (Lipinski definition) is 3. The van der Waals surface area contributed by atoms with Crippen LogP contribution in [0.15, 0.2) is 12.7 Å². The van der Waals surface area contributed by atoms with Gasteiger partial charge in [0.05, 0.1) is 12.2 Å². The van der Waals surface area contributed by atoms with Gasteiger partial charge in [0.2, 0.25) is 0 Å². The lowest BCUT2D eigenvalue weighted by molar-refractivity contribution is -0.148. The third kappa shape index (κ3) is 5.09. The van der Waals surface area contributed by atoms with E-state index in [-0.39, 0.29) is 11.4 Å². The van der Waals surface area contributed by atoms with Crippen molar-refractivity contribution in [3.8, 4) is 0 Å². The molecule has 0 aromatic heterocycles. The van der Waals surface area contributed by atoms with Gasteiger partial charge in [-0.05, 0) is 40.7 Å². The Balaban J connectivity index is 4.25. The monoisotopic (exact) mass is 214 g/mol. The van der Waals surface area contributed by atoms with Crippen molar-refractivity contribution in [3.05, 3.63) is 12.7 Å². The van der Waals surface area contributed by atoms with Gasteiger partial charge in [-0.15, -0.1) is 0 Å². The second-order valence-electron chi connectivity index (χ2n) is 4.56. The van der Waals surface area contributed by atoms with Gasteiger partial charge in [-0.2, -0.15) is 0 Å². The van der Waals surface area contributed by atoms with Gasteiger partial charge < -0.3 is 9.47 Å². The molecular weight excluding hydrogens is 192 g/mol. The van der Waals surface area contributed by atoms with E-state index in [1.165, 1.54) is 6.08 Å². The molecule has 3 nitrogen and oxygen atoms in total. The number of ketones is 1. The molecule has 0 N–H and O–H groups in total. The van der Waals surface area contributed by atoms with Crippen molar-refractivity contribution in [3.63, 3.8) is 0 Å². The number of carbonyl (C=O) groups is 1. The van der Waals surface area contributed by atoms with Crippen LogP contribution in [0.1, 0.15) is 34.6 Å². The fraction of sp³-hybridized carbons (Fsp3) is 0.750. The Morgan fingerprint density at radius 2 is 1.80 bits per heavy atom. The molecule has 0 aromatic carbocycles. The first-order valence-electron chi connectivity index (χ1n) is 5.20. The van der Waals surface area contributed by atoms with Gasteiger partial charge in [0.25, 0.3) is 0 Å². The van der Waals surface area contributed by atoms with Crippen LogP contribution in [-0.4, -0.2) is 30.2 Å². The maximum absolute atomic E-state index is 11.4. The summed E-state index contributed by atoms with van der Waals surface area (Å²) in [5.74, 6) is -0.116. The highest BCUT2D eigenvalue weighted by molar-refractivity contribution is 5.95. The van der Waals surface area contributed by atoms with Crippen LogP contribution >= 0.6 is 0 Å². The Bertz CT molecular complexity index is 229. The van der Waals surface area contributed by atoms with Crippen molar-refractivity contribution < 1.29 is 14.3 Å². The first-order valence-corrected chi connectivity index (χ1v) is 5.20. The van der Waals surface area contributed by atoms with E-state index in [2.05, 4.69) is 6.58 Å². The van der Waals surface area contributed by atoms with E-state index >= 15 is 0 Å². The molecule has 0 amide bonds. The summed E-state index contributed by atoms with van der Waals surface area (Å²) in [5, 5.41) is 0. The maximum Gasteiger partial charge on any atom is 0.186 e. The highest BCUT2D eigenvalue weighted by Crippen LogP contribution is 2.17. The Morgan fingerprint density at radius 1 is 1.27 bits per heavy atom. The number of ether oxygens (including phenoxy) is 2. The lowest BCUT2D eigenvalue weighted by Crippen LogP contribution is -2.40. The molecular formula is C12H22O3. The van der Waals surface area contributed by atoms with Crippen molar-refractivity contribution in [1.29, 1.82) is 0 Å². The molecule has 0 spiro atoms. The summed E-state index contributed by atoms with van der Waals surface area (Å²) in [4.78, 5) is 11.4. The van der Waals surface area contributed by atoms with Crippen LogP contribution in [0, 0.1) is 0 Å². The summed E-state index contributed by atoms with van der Waals surface area (Å²) in [5.41, 5.74) is -1.19. The Labute approximate surface area is 92.5 Å². The smallest absolute Gasteiger partial charge is 0.186 e. The molecule has 0 rings (SSSR count). The topological polar surface area (TPSA) is 35.5 Å². The minimum absolute atomic E-state index is 0.116. The van der Waals surface area contributed by atoms with E-state index in [0.29, 0.717) is 13.2 Å². The molecule has 15 heavy (non-hydrogen) atoms.